The van der Waals surface area contributed by atoms with Gasteiger partial charge in [0.05, 0.1) is 5.92 Å². The summed E-state index contributed by atoms with van der Waals surface area (Å²) in [6.45, 7) is 5.29. The lowest BCUT2D eigenvalue weighted by Crippen LogP contribution is -2.18. The maximum absolute atomic E-state index is 11.2. The topological polar surface area (TPSA) is 57.5 Å². The fourth-order valence-electron chi connectivity index (χ4n) is 1.73. The largest absolute Gasteiger partial charge is 0.507 e. The van der Waals surface area contributed by atoms with E-state index in [0.29, 0.717) is 16.1 Å². The third-order valence-corrected chi connectivity index (χ3v) is 2.94. The van der Waals surface area contributed by atoms with Crippen molar-refractivity contribution < 1.29 is 15.0 Å². The molecule has 0 saturated carbocycles. The van der Waals surface area contributed by atoms with Gasteiger partial charge in [-0.2, -0.15) is 0 Å². The van der Waals surface area contributed by atoms with E-state index in [-0.39, 0.29) is 11.7 Å². The number of phenolic OH excluding ortho intramolecular Hbond substituents is 1. The van der Waals surface area contributed by atoms with Crippen LogP contribution in [0.5, 0.6) is 5.75 Å². The Morgan fingerprint density at radius 3 is 2.38 bits per heavy atom. The van der Waals surface area contributed by atoms with Gasteiger partial charge < -0.3 is 10.2 Å². The first-order valence-electron chi connectivity index (χ1n) is 5.07. The van der Waals surface area contributed by atoms with Crippen LogP contribution >= 0.6 is 11.6 Å². The van der Waals surface area contributed by atoms with Gasteiger partial charge in [-0.05, 0) is 24.5 Å². The van der Waals surface area contributed by atoms with Gasteiger partial charge in [-0.25, -0.2) is 0 Å². The highest BCUT2D eigenvalue weighted by atomic mass is 35.5. The number of carboxylic acids is 1. The van der Waals surface area contributed by atoms with E-state index in [2.05, 4.69) is 0 Å². The van der Waals surface area contributed by atoms with Gasteiger partial charge in [0.15, 0.2) is 0 Å². The van der Waals surface area contributed by atoms with Crippen molar-refractivity contribution in [3.05, 3.63) is 28.3 Å². The second-order valence-electron chi connectivity index (χ2n) is 4.19. The number of hydrogen-bond donors (Lipinski definition) is 2. The smallest absolute Gasteiger partial charge is 0.311 e. The molecule has 1 unspecified atom stereocenters. The van der Waals surface area contributed by atoms with Crippen molar-refractivity contribution in [2.45, 2.75) is 26.7 Å². The predicted molar refractivity (Wildman–Crippen MR) is 63.1 cm³/mol. The second kappa shape index (κ2) is 4.74. The molecule has 3 nitrogen and oxygen atoms in total. The van der Waals surface area contributed by atoms with Crippen LogP contribution in [-0.4, -0.2) is 16.2 Å². The summed E-state index contributed by atoms with van der Waals surface area (Å²) in [6, 6.07) is 3.28. The molecule has 0 radical (unpaired) electrons. The first-order chi connectivity index (χ1) is 7.36. The molecule has 1 aromatic rings. The number of rotatable bonds is 3. The first kappa shape index (κ1) is 12.8. The summed E-state index contributed by atoms with van der Waals surface area (Å²) in [5, 5.41) is 19.4. The minimum atomic E-state index is -0.974. The fourth-order valence-corrected chi connectivity index (χ4v) is 2.00. The lowest BCUT2D eigenvalue weighted by molar-refractivity contribution is -0.139. The van der Waals surface area contributed by atoms with E-state index < -0.39 is 11.9 Å². The zero-order valence-electron chi connectivity index (χ0n) is 9.49. The number of aromatic hydroxyl groups is 1. The number of benzene rings is 1. The lowest BCUT2D eigenvalue weighted by atomic mass is 9.87. The molecule has 4 heteroatoms. The van der Waals surface area contributed by atoms with Gasteiger partial charge in [0.2, 0.25) is 0 Å². The van der Waals surface area contributed by atoms with Crippen LogP contribution in [0.15, 0.2) is 12.1 Å². The third-order valence-electron chi connectivity index (χ3n) is 2.61. The summed E-state index contributed by atoms with van der Waals surface area (Å²) in [4.78, 5) is 11.2. The molecule has 0 fully saturated rings. The van der Waals surface area contributed by atoms with Gasteiger partial charge in [-0.15, -0.1) is 0 Å². The molecular formula is C12H15ClO3. The highest BCUT2D eigenvalue weighted by Gasteiger charge is 2.29. The Labute approximate surface area is 99.7 Å². The second-order valence-corrected chi connectivity index (χ2v) is 4.59. The third kappa shape index (κ3) is 2.30. The van der Waals surface area contributed by atoms with Crippen molar-refractivity contribution in [3.8, 4) is 5.75 Å². The number of aliphatic carboxylic acids is 1. The number of carbonyl (C=O) groups is 1. The Morgan fingerprint density at radius 1 is 1.38 bits per heavy atom. The van der Waals surface area contributed by atoms with Crippen LogP contribution in [0.3, 0.4) is 0 Å². The standard InChI is InChI=1S/C12H15ClO3/c1-6(2)9(12(15)16)10-8(13)5-4-7(3)11(10)14/h4-6,9,14H,1-3H3,(H,15,16). The van der Waals surface area contributed by atoms with Crippen LogP contribution in [0.25, 0.3) is 0 Å². The molecule has 2 N–H and O–H groups in total. The van der Waals surface area contributed by atoms with Crippen LogP contribution in [-0.2, 0) is 4.79 Å². The Balaban J connectivity index is 3.40. The number of hydrogen-bond acceptors (Lipinski definition) is 2. The monoisotopic (exact) mass is 242 g/mol. The van der Waals surface area contributed by atoms with Gasteiger partial charge in [-0.3, -0.25) is 4.79 Å². The number of aryl methyl sites for hydroxylation is 1. The van der Waals surface area contributed by atoms with Crippen LogP contribution in [0.1, 0.15) is 30.9 Å². The molecule has 0 heterocycles. The molecule has 0 spiro atoms. The summed E-state index contributed by atoms with van der Waals surface area (Å²) >= 11 is 5.96. The summed E-state index contributed by atoms with van der Waals surface area (Å²) in [5.41, 5.74) is 0.940. The molecule has 0 bridgehead atoms. The van der Waals surface area contributed by atoms with Crippen molar-refractivity contribution >= 4 is 17.6 Å². The van der Waals surface area contributed by atoms with Crippen LogP contribution in [0, 0.1) is 12.8 Å². The Bertz CT molecular complexity index is 413. The van der Waals surface area contributed by atoms with E-state index in [1.807, 2.05) is 0 Å². The van der Waals surface area contributed by atoms with Crippen molar-refractivity contribution in [1.29, 1.82) is 0 Å². The molecule has 0 aliphatic rings. The van der Waals surface area contributed by atoms with Crippen LogP contribution < -0.4 is 0 Å². The molecule has 0 aromatic heterocycles. The minimum Gasteiger partial charge on any atom is -0.507 e. The molecule has 1 rings (SSSR count). The SMILES string of the molecule is Cc1ccc(Cl)c(C(C(=O)O)C(C)C)c1O. The lowest BCUT2D eigenvalue weighted by Gasteiger charge is -2.20. The van der Waals surface area contributed by atoms with Crippen molar-refractivity contribution in [1.82, 2.24) is 0 Å². The molecule has 88 valence electrons. The number of halogens is 1. The molecule has 1 aromatic carbocycles. The number of carboxylic acid groups (broad SMARTS) is 1. The molecule has 0 amide bonds. The van der Waals surface area contributed by atoms with Gasteiger partial charge in [-0.1, -0.05) is 31.5 Å². The summed E-state index contributed by atoms with van der Waals surface area (Å²) in [6.07, 6.45) is 0. The zero-order chi connectivity index (χ0) is 12.5. The summed E-state index contributed by atoms with van der Waals surface area (Å²) in [5.74, 6) is -1.92. The normalized spacial score (nSPS) is 12.8. The summed E-state index contributed by atoms with van der Waals surface area (Å²) in [7, 11) is 0. The van der Waals surface area contributed by atoms with Crippen molar-refractivity contribution in [2.24, 2.45) is 5.92 Å². The van der Waals surface area contributed by atoms with Gasteiger partial charge in [0, 0.05) is 10.6 Å². The molecule has 0 aliphatic heterocycles. The summed E-state index contributed by atoms with van der Waals surface area (Å²) < 4.78 is 0. The van der Waals surface area contributed by atoms with Crippen molar-refractivity contribution in [2.75, 3.05) is 0 Å². The quantitative estimate of drug-likeness (QED) is 0.856. The highest BCUT2D eigenvalue weighted by Crippen LogP contribution is 2.38. The van der Waals surface area contributed by atoms with E-state index in [1.54, 1.807) is 32.9 Å². The number of phenols is 1. The average molecular weight is 243 g/mol. The van der Waals surface area contributed by atoms with Crippen molar-refractivity contribution in [3.63, 3.8) is 0 Å². The van der Waals surface area contributed by atoms with Gasteiger partial charge in [0.1, 0.15) is 5.75 Å². The van der Waals surface area contributed by atoms with Crippen LogP contribution in [0.2, 0.25) is 5.02 Å². The molecule has 16 heavy (non-hydrogen) atoms. The molecular weight excluding hydrogens is 228 g/mol. The zero-order valence-corrected chi connectivity index (χ0v) is 10.2. The average Bonchev–Trinajstić information content (AvgIpc) is 2.17. The highest BCUT2D eigenvalue weighted by molar-refractivity contribution is 6.31. The van der Waals surface area contributed by atoms with E-state index in [0.717, 1.165) is 0 Å². The first-order valence-corrected chi connectivity index (χ1v) is 5.44. The van der Waals surface area contributed by atoms with E-state index in [1.165, 1.54) is 0 Å². The van der Waals surface area contributed by atoms with Gasteiger partial charge in [0.25, 0.3) is 0 Å². The predicted octanol–water partition coefficient (Wildman–Crippen LogP) is 3.18. The van der Waals surface area contributed by atoms with E-state index in [4.69, 9.17) is 16.7 Å². The Kier molecular flexibility index (Phi) is 3.81. The van der Waals surface area contributed by atoms with E-state index in [9.17, 15) is 9.90 Å². The molecule has 0 aliphatic carbocycles. The maximum atomic E-state index is 11.2. The molecule has 1 atom stereocenters. The van der Waals surface area contributed by atoms with Gasteiger partial charge >= 0.3 is 5.97 Å². The van der Waals surface area contributed by atoms with Crippen LogP contribution in [0.4, 0.5) is 0 Å². The Hall–Kier alpha value is -1.22. The minimum absolute atomic E-state index is 0.0198. The van der Waals surface area contributed by atoms with E-state index >= 15 is 0 Å². The maximum Gasteiger partial charge on any atom is 0.311 e. The molecule has 0 saturated heterocycles. The fraction of sp³-hybridized carbons (Fsp3) is 0.417. The Morgan fingerprint density at radius 2 is 1.94 bits per heavy atom.